The van der Waals surface area contributed by atoms with Gasteiger partial charge in [-0.15, -0.1) is 0 Å². The lowest BCUT2D eigenvalue weighted by molar-refractivity contribution is 0.0126. The number of rotatable bonds is 3. The molecular formula is C21H31NO4. The zero-order valence-corrected chi connectivity index (χ0v) is 16.8. The Balaban J connectivity index is 2.01. The predicted octanol–water partition coefficient (Wildman–Crippen LogP) is 4.57. The molecule has 2 rings (SSSR count). The molecule has 5 heteroatoms. The Kier molecular flexibility index (Phi) is 5.99. The van der Waals surface area contributed by atoms with E-state index in [1.54, 1.807) is 4.90 Å². The summed E-state index contributed by atoms with van der Waals surface area (Å²) in [5.41, 5.74) is 1.19. The summed E-state index contributed by atoms with van der Waals surface area (Å²) in [7, 11) is 0. The second kappa shape index (κ2) is 7.68. The van der Waals surface area contributed by atoms with Crippen LogP contribution in [0.4, 0.5) is 4.79 Å². The van der Waals surface area contributed by atoms with Gasteiger partial charge in [0, 0.05) is 25.9 Å². The standard InChI is InChI=1S/C21H31NO4/c1-20(2,3)16-8-7-15(14-23)18(13-16)25-17-9-11-22(12-10-17)19(24)26-21(4,5)6/h7-8,13-14,17H,9-12H2,1-6H3. The molecule has 0 spiro atoms. The Morgan fingerprint density at radius 1 is 1.12 bits per heavy atom. The fourth-order valence-corrected chi connectivity index (χ4v) is 2.86. The van der Waals surface area contributed by atoms with E-state index < -0.39 is 5.60 Å². The van der Waals surface area contributed by atoms with Crippen molar-refractivity contribution >= 4 is 12.4 Å². The second-order valence-electron chi connectivity index (χ2n) is 8.91. The van der Waals surface area contributed by atoms with Crippen LogP contribution in [0.2, 0.25) is 0 Å². The van der Waals surface area contributed by atoms with E-state index >= 15 is 0 Å². The van der Waals surface area contributed by atoms with Crippen LogP contribution in [0.25, 0.3) is 0 Å². The molecule has 26 heavy (non-hydrogen) atoms. The third-order valence-corrected chi connectivity index (χ3v) is 4.39. The van der Waals surface area contributed by atoms with E-state index in [0.717, 1.165) is 24.7 Å². The average molecular weight is 361 g/mol. The minimum atomic E-state index is -0.489. The molecule has 0 atom stereocenters. The van der Waals surface area contributed by atoms with Crippen LogP contribution in [0, 0.1) is 0 Å². The number of ether oxygens (including phenoxy) is 2. The van der Waals surface area contributed by atoms with E-state index in [4.69, 9.17) is 9.47 Å². The number of hydrogen-bond acceptors (Lipinski definition) is 4. The normalized spacial score (nSPS) is 16.3. The number of hydrogen-bond donors (Lipinski definition) is 0. The molecular weight excluding hydrogens is 330 g/mol. The number of nitrogens with zero attached hydrogens (tertiary/aromatic N) is 1. The van der Waals surface area contributed by atoms with Gasteiger partial charge >= 0.3 is 6.09 Å². The first-order chi connectivity index (χ1) is 12.0. The van der Waals surface area contributed by atoms with E-state index in [9.17, 15) is 9.59 Å². The zero-order valence-electron chi connectivity index (χ0n) is 16.8. The Labute approximate surface area is 156 Å². The number of aldehydes is 1. The number of piperidine rings is 1. The van der Waals surface area contributed by atoms with Crippen LogP contribution in [-0.4, -0.2) is 42.1 Å². The number of benzene rings is 1. The first-order valence-corrected chi connectivity index (χ1v) is 9.24. The molecule has 1 fully saturated rings. The highest BCUT2D eigenvalue weighted by atomic mass is 16.6. The summed E-state index contributed by atoms with van der Waals surface area (Å²) in [6.45, 7) is 13.2. The minimum Gasteiger partial charge on any atom is -0.490 e. The van der Waals surface area contributed by atoms with Gasteiger partial charge in [-0.2, -0.15) is 0 Å². The molecule has 0 aromatic heterocycles. The Bertz CT molecular complexity index is 647. The molecule has 1 heterocycles. The van der Waals surface area contributed by atoms with Gasteiger partial charge in [-0.3, -0.25) is 4.79 Å². The smallest absolute Gasteiger partial charge is 0.410 e. The van der Waals surface area contributed by atoms with Crippen LogP contribution in [0.1, 0.15) is 70.3 Å². The van der Waals surface area contributed by atoms with E-state index in [1.807, 2.05) is 39.0 Å². The molecule has 1 saturated heterocycles. The van der Waals surface area contributed by atoms with Gasteiger partial charge in [-0.05, 0) is 43.9 Å². The fraction of sp³-hybridized carbons (Fsp3) is 0.619. The molecule has 1 aromatic carbocycles. The van der Waals surface area contributed by atoms with Crippen molar-refractivity contribution in [2.24, 2.45) is 0 Å². The maximum Gasteiger partial charge on any atom is 0.410 e. The molecule has 1 aromatic rings. The van der Waals surface area contributed by atoms with Gasteiger partial charge in [0.05, 0.1) is 5.56 Å². The van der Waals surface area contributed by atoms with Crippen LogP contribution < -0.4 is 4.74 Å². The topological polar surface area (TPSA) is 55.8 Å². The molecule has 1 aliphatic rings. The Morgan fingerprint density at radius 2 is 1.73 bits per heavy atom. The number of amides is 1. The molecule has 0 saturated carbocycles. The summed E-state index contributed by atoms with van der Waals surface area (Å²) >= 11 is 0. The lowest BCUT2D eigenvalue weighted by Crippen LogP contribution is -2.44. The van der Waals surface area contributed by atoms with Crippen molar-refractivity contribution in [3.05, 3.63) is 29.3 Å². The third-order valence-electron chi connectivity index (χ3n) is 4.39. The van der Waals surface area contributed by atoms with Gasteiger partial charge in [0.1, 0.15) is 17.5 Å². The van der Waals surface area contributed by atoms with Gasteiger partial charge < -0.3 is 14.4 Å². The molecule has 0 N–H and O–H groups in total. The van der Waals surface area contributed by atoms with Crippen LogP contribution in [0.15, 0.2) is 18.2 Å². The van der Waals surface area contributed by atoms with Crippen molar-refractivity contribution in [2.75, 3.05) is 13.1 Å². The summed E-state index contributed by atoms with van der Waals surface area (Å²) in [5.74, 6) is 0.628. The van der Waals surface area contributed by atoms with Crippen molar-refractivity contribution in [1.29, 1.82) is 0 Å². The summed E-state index contributed by atoms with van der Waals surface area (Å²) < 4.78 is 11.6. The van der Waals surface area contributed by atoms with Crippen LogP contribution >= 0.6 is 0 Å². The van der Waals surface area contributed by atoms with Crippen molar-refractivity contribution in [3.63, 3.8) is 0 Å². The average Bonchev–Trinajstić information content (AvgIpc) is 2.53. The monoisotopic (exact) mass is 361 g/mol. The second-order valence-corrected chi connectivity index (χ2v) is 8.91. The highest BCUT2D eigenvalue weighted by Gasteiger charge is 2.28. The van der Waals surface area contributed by atoms with Crippen molar-refractivity contribution in [1.82, 2.24) is 4.90 Å². The van der Waals surface area contributed by atoms with Crippen molar-refractivity contribution in [3.8, 4) is 5.75 Å². The molecule has 1 amide bonds. The highest BCUT2D eigenvalue weighted by molar-refractivity contribution is 5.79. The Hall–Kier alpha value is -2.04. The number of carbonyl (C=O) groups excluding carboxylic acids is 2. The molecule has 0 aliphatic carbocycles. The van der Waals surface area contributed by atoms with Gasteiger partial charge in [0.25, 0.3) is 0 Å². The molecule has 5 nitrogen and oxygen atoms in total. The predicted molar refractivity (Wildman–Crippen MR) is 102 cm³/mol. The summed E-state index contributed by atoms with van der Waals surface area (Å²) in [6.07, 6.45) is 1.98. The largest absolute Gasteiger partial charge is 0.490 e. The maximum atomic E-state index is 12.2. The van der Waals surface area contributed by atoms with Crippen LogP contribution in [0.3, 0.4) is 0 Å². The first-order valence-electron chi connectivity index (χ1n) is 9.24. The third kappa shape index (κ3) is 5.48. The minimum absolute atomic E-state index is 0.0115. The molecule has 0 unspecified atom stereocenters. The summed E-state index contributed by atoms with van der Waals surface area (Å²) in [4.78, 5) is 25.2. The molecule has 144 valence electrons. The van der Waals surface area contributed by atoms with Crippen molar-refractivity contribution < 1.29 is 19.1 Å². The summed E-state index contributed by atoms with van der Waals surface area (Å²) in [5, 5.41) is 0. The van der Waals surface area contributed by atoms with Gasteiger partial charge in [0.15, 0.2) is 6.29 Å². The Morgan fingerprint density at radius 3 is 2.23 bits per heavy atom. The first kappa shape index (κ1) is 20.3. The molecule has 0 bridgehead atoms. The zero-order chi connectivity index (χ0) is 19.5. The SMILES string of the molecule is CC(C)(C)OC(=O)N1CCC(Oc2cc(C(C)(C)C)ccc2C=O)CC1. The summed E-state index contributed by atoms with van der Waals surface area (Å²) in [6, 6.07) is 5.75. The van der Waals surface area contributed by atoms with Crippen molar-refractivity contribution in [2.45, 2.75) is 71.5 Å². The van der Waals surface area contributed by atoms with Gasteiger partial charge in [-0.1, -0.05) is 26.8 Å². The van der Waals surface area contributed by atoms with E-state index in [-0.39, 0.29) is 17.6 Å². The molecule has 1 aliphatic heterocycles. The van der Waals surface area contributed by atoms with Gasteiger partial charge in [0.2, 0.25) is 0 Å². The number of likely N-dealkylation sites (tertiary alicyclic amines) is 1. The number of carbonyl (C=O) groups is 2. The quantitative estimate of drug-likeness (QED) is 0.740. The highest BCUT2D eigenvalue weighted by Crippen LogP contribution is 2.30. The fourth-order valence-electron chi connectivity index (χ4n) is 2.86. The van der Waals surface area contributed by atoms with E-state index in [2.05, 4.69) is 20.8 Å². The molecule has 0 radical (unpaired) electrons. The lowest BCUT2D eigenvalue weighted by atomic mass is 9.86. The van der Waals surface area contributed by atoms with E-state index in [1.165, 1.54) is 0 Å². The van der Waals surface area contributed by atoms with Gasteiger partial charge in [-0.25, -0.2) is 4.79 Å². The lowest BCUT2D eigenvalue weighted by Gasteiger charge is -2.33. The van der Waals surface area contributed by atoms with Crippen LogP contribution in [0.5, 0.6) is 5.75 Å². The van der Waals surface area contributed by atoms with Crippen LogP contribution in [-0.2, 0) is 10.2 Å². The van der Waals surface area contributed by atoms with E-state index in [0.29, 0.717) is 24.4 Å². The maximum absolute atomic E-state index is 12.2.